The molecule has 3 nitrogen and oxygen atoms in total. The molecular weight excluding hydrogens is 306 g/mol. The maximum atomic E-state index is 6.33. The molecule has 0 radical (unpaired) electrons. The Morgan fingerprint density at radius 2 is 1.78 bits per heavy atom. The molecule has 4 heteroatoms. The van der Waals surface area contributed by atoms with E-state index in [1.165, 1.54) is 11.3 Å². The van der Waals surface area contributed by atoms with Crippen LogP contribution in [-0.4, -0.2) is 31.9 Å². The number of nitrogens with zero attached hydrogens (tertiary/aromatic N) is 3. The lowest BCUT2D eigenvalue weighted by Crippen LogP contribution is -2.14. The molecule has 122 valence electrons. The van der Waals surface area contributed by atoms with Crippen molar-refractivity contribution in [3.63, 3.8) is 0 Å². The highest BCUT2D eigenvalue weighted by Crippen LogP contribution is 2.36. The molecule has 0 amide bonds. The minimum absolute atomic E-state index is 0.692. The second kappa shape index (κ2) is 7.51. The fourth-order valence-corrected chi connectivity index (χ4v) is 2.65. The Morgan fingerprint density at radius 3 is 2.43 bits per heavy atom. The number of rotatable bonds is 5. The van der Waals surface area contributed by atoms with Gasteiger partial charge in [-0.25, -0.2) is 4.99 Å². The maximum Gasteiger partial charge on any atom is 0.0909 e. The third-order valence-corrected chi connectivity index (χ3v) is 4.27. The zero-order valence-electron chi connectivity index (χ0n) is 14.5. The molecule has 0 bridgehead atoms. The van der Waals surface area contributed by atoms with Crippen LogP contribution in [0.4, 0.5) is 17.1 Å². The van der Waals surface area contributed by atoms with Crippen molar-refractivity contribution in [3.05, 3.63) is 52.5 Å². The van der Waals surface area contributed by atoms with Gasteiger partial charge in [0.2, 0.25) is 0 Å². The number of aryl methyl sites for hydroxylation is 1. The number of aliphatic imine (C=N–C) groups is 1. The van der Waals surface area contributed by atoms with Crippen LogP contribution in [0.25, 0.3) is 0 Å². The van der Waals surface area contributed by atoms with E-state index in [-0.39, 0.29) is 0 Å². The molecule has 0 heterocycles. The van der Waals surface area contributed by atoms with Gasteiger partial charge in [-0.05, 0) is 50.1 Å². The van der Waals surface area contributed by atoms with Gasteiger partial charge in [0, 0.05) is 37.0 Å². The van der Waals surface area contributed by atoms with Gasteiger partial charge in [-0.2, -0.15) is 0 Å². The summed E-state index contributed by atoms with van der Waals surface area (Å²) in [4.78, 5) is 8.78. The summed E-state index contributed by atoms with van der Waals surface area (Å²) in [6, 6.07) is 12.2. The zero-order chi connectivity index (χ0) is 17.0. The van der Waals surface area contributed by atoms with Crippen LogP contribution < -0.4 is 4.90 Å². The lowest BCUT2D eigenvalue weighted by Gasteiger charge is -2.24. The van der Waals surface area contributed by atoms with Crippen molar-refractivity contribution in [2.45, 2.75) is 20.8 Å². The fraction of sp³-hybridized carbons (Fsp3) is 0.316. The summed E-state index contributed by atoms with van der Waals surface area (Å²) in [6.07, 6.45) is 1.84. The van der Waals surface area contributed by atoms with E-state index >= 15 is 0 Å². The first-order valence-electron chi connectivity index (χ1n) is 7.78. The minimum atomic E-state index is 0.692. The van der Waals surface area contributed by atoms with E-state index < -0.39 is 0 Å². The van der Waals surface area contributed by atoms with E-state index in [9.17, 15) is 0 Å². The number of anilines is 2. The molecule has 0 aliphatic carbocycles. The lowest BCUT2D eigenvalue weighted by molar-refractivity contribution is 0.552. The zero-order valence-corrected chi connectivity index (χ0v) is 15.2. The van der Waals surface area contributed by atoms with E-state index in [2.05, 4.69) is 49.8 Å². The van der Waals surface area contributed by atoms with Crippen molar-refractivity contribution < 1.29 is 0 Å². The van der Waals surface area contributed by atoms with Crippen molar-refractivity contribution in [2.75, 3.05) is 25.5 Å². The number of halogens is 1. The topological polar surface area (TPSA) is 18.8 Å². The van der Waals surface area contributed by atoms with Crippen LogP contribution in [0.15, 0.2) is 41.4 Å². The van der Waals surface area contributed by atoms with Crippen LogP contribution in [0.5, 0.6) is 0 Å². The largest absolute Gasteiger partial charge is 0.366 e. The van der Waals surface area contributed by atoms with Gasteiger partial charge in [0.15, 0.2) is 0 Å². The van der Waals surface area contributed by atoms with Gasteiger partial charge in [-0.15, -0.1) is 0 Å². The third-order valence-electron chi connectivity index (χ3n) is 4.05. The Kier molecular flexibility index (Phi) is 5.67. The molecule has 0 saturated heterocycles. The highest BCUT2D eigenvalue weighted by Gasteiger charge is 2.13. The SMILES string of the molecule is CCN(C)C=Nc1cc(Cl)cc(N(C)c2ccccc2C)c1C. The Labute approximate surface area is 144 Å². The number of hydrogen-bond donors (Lipinski definition) is 0. The molecule has 2 rings (SSSR count). The molecule has 23 heavy (non-hydrogen) atoms. The Balaban J connectivity index is 2.45. The van der Waals surface area contributed by atoms with Crippen LogP contribution in [0.3, 0.4) is 0 Å². The molecule has 0 fully saturated rings. The predicted molar refractivity (Wildman–Crippen MR) is 102 cm³/mol. The standard InChI is InChI=1S/C19H24ClN3/c1-6-22(4)13-21-17-11-16(20)12-19(15(17)3)23(5)18-10-8-7-9-14(18)2/h7-13H,6H2,1-5H3. The van der Waals surface area contributed by atoms with Crippen molar-refractivity contribution >= 4 is 35.0 Å². The smallest absolute Gasteiger partial charge is 0.0909 e. The fourth-order valence-electron chi connectivity index (χ4n) is 2.45. The molecule has 0 unspecified atom stereocenters. The summed E-state index contributed by atoms with van der Waals surface area (Å²) in [7, 11) is 4.07. The summed E-state index contributed by atoms with van der Waals surface area (Å²) >= 11 is 6.33. The van der Waals surface area contributed by atoms with E-state index in [1.807, 2.05) is 42.6 Å². The monoisotopic (exact) mass is 329 g/mol. The van der Waals surface area contributed by atoms with Crippen LogP contribution in [-0.2, 0) is 0 Å². The van der Waals surface area contributed by atoms with E-state index in [0.29, 0.717) is 5.02 Å². The van der Waals surface area contributed by atoms with Crippen LogP contribution in [0.2, 0.25) is 5.02 Å². The average molecular weight is 330 g/mol. The third kappa shape index (κ3) is 4.05. The Hall–Kier alpha value is -2.00. The highest BCUT2D eigenvalue weighted by molar-refractivity contribution is 6.31. The maximum absolute atomic E-state index is 6.33. The molecule has 2 aromatic carbocycles. The quantitative estimate of drug-likeness (QED) is 0.545. The first-order valence-corrected chi connectivity index (χ1v) is 8.15. The molecule has 0 spiro atoms. The highest BCUT2D eigenvalue weighted by atomic mass is 35.5. The van der Waals surface area contributed by atoms with Crippen LogP contribution in [0.1, 0.15) is 18.1 Å². The second-order valence-corrected chi connectivity index (χ2v) is 6.17. The summed E-state index contributed by atoms with van der Waals surface area (Å²) in [6.45, 7) is 7.20. The van der Waals surface area contributed by atoms with E-state index in [0.717, 1.165) is 23.5 Å². The molecule has 0 atom stereocenters. The summed E-state index contributed by atoms with van der Waals surface area (Å²) in [5.74, 6) is 0. The van der Waals surface area contributed by atoms with Crippen molar-refractivity contribution in [1.29, 1.82) is 0 Å². The van der Waals surface area contributed by atoms with Gasteiger partial charge < -0.3 is 9.80 Å². The van der Waals surface area contributed by atoms with Crippen LogP contribution in [0, 0.1) is 13.8 Å². The molecule has 0 aliphatic heterocycles. The molecule has 0 N–H and O–H groups in total. The van der Waals surface area contributed by atoms with Crippen molar-refractivity contribution in [2.24, 2.45) is 4.99 Å². The molecule has 0 aromatic heterocycles. The summed E-state index contributed by atoms with van der Waals surface area (Å²) < 4.78 is 0. The first-order chi connectivity index (χ1) is 10.9. The molecule has 0 saturated carbocycles. The Morgan fingerprint density at radius 1 is 1.09 bits per heavy atom. The van der Waals surface area contributed by atoms with Gasteiger partial charge in [0.25, 0.3) is 0 Å². The number of benzene rings is 2. The normalized spacial score (nSPS) is 11.0. The van der Waals surface area contributed by atoms with E-state index in [1.54, 1.807) is 0 Å². The molecule has 0 aliphatic rings. The minimum Gasteiger partial charge on any atom is -0.366 e. The van der Waals surface area contributed by atoms with Crippen molar-refractivity contribution in [1.82, 2.24) is 4.90 Å². The number of para-hydroxylation sites is 1. The van der Waals surface area contributed by atoms with E-state index in [4.69, 9.17) is 11.6 Å². The summed E-state index contributed by atoms with van der Waals surface area (Å²) in [5, 5.41) is 0.692. The van der Waals surface area contributed by atoms with Crippen LogP contribution >= 0.6 is 11.6 Å². The van der Waals surface area contributed by atoms with Gasteiger partial charge in [0.1, 0.15) is 0 Å². The predicted octanol–water partition coefficient (Wildman–Crippen LogP) is 5.34. The second-order valence-electron chi connectivity index (χ2n) is 5.73. The van der Waals surface area contributed by atoms with Gasteiger partial charge >= 0.3 is 0 Å². The molecule has 2 aromatic rings. The van der Waals surface area contributed by atoms with Crippen molar-refractivity contribution in [3.8, 4) is 0 Å². The van der Waals surface area contributed by atoms with Gasteiger partial charge in [-0.3, -0.25) is 0 Å². The Bertz CT molecular complexity index is 710. The van der Waals surface area contributed by atoms with Gasteiger partial charge in [0.05, 0.1) is 12.0 Å². The van der Waals surface area contributed by atoms with Gasteiger partial charge in [-0.1, -0.05) is 29.8 Å². The number of hydrogen-bond acceptors (Lipinski definition) is 2. The summed E-state index contributed by atoms with van der Waals surface area (Å²) in [5.41, 5.74) is 5.47. The lowest BCUT2D eigenvalue weighted by atomic mass is 10.1. The average Bonchev–Trinajstić information content (AvgIpc) is 2.54. The first kappa shape index (κ1) is 17.4. The molecular formula is C19H24ClN3.